The Morgan fingerprint density at radius 3 is 2.63 bits per heavy atom. The van der Waals surface area contributed by atoms with Crippen molar-refractivity contribution in [2.24, 2.45) is 5.92 Å². The Morgan fingerprint density at radius 1 is 1.37 bits per heavy atom. The highest BCUT2D eigenvalue weighted by molar-refractivity contribution is 6.11. The summed E-state index contributed by atoms with van der Waals surface area (Å²) in [6.45, 7) is 6.26. The Balaban J connectivity index is 2.42. The van der Waals surface area contributed by atoms with Crippen molar-refractivity contribution >= 4 is 11.8 Å². The van der Waals surface area contributed by atoms with Crippen molar-refractivity contribution in [1.29, 1.82) is 0 Å². The number of hydrogen-bond donors (Lipinski definition) is 0. The zero-order chi connectivity index (χ0) is 14.2. The van der Waals surface area contributed by atoms with E-state index in [1.165, 1.54) is 7.11 Å². The second-order valence-corrected chi connectivity index (χ2v) is 5.71. The summed E-state index contributed by atoms with van der Waals surface area (Å²) >= 11 is 0. The topological polar surface area (TPSA) is 52.6 Å². The summed E-state index contributed by atoms with van der Waals surface area (Å²) in [4.78, 5) is 23.9. The van der Waals surface area contributed by atoms with Crippen LogP contribution in [0.3, 0.4) is 0 Å². The number of rotatable bonds is 1. The van der Waals surface area contributed by atoms with Crippen LogP contribution < -0.4 is 4.74 Å². The second-order valence-electron chi connectivity index (χ2n) is 5.71. The Kier molecular flexibility index (Phi) is 3.35. The Labute approximate surface area is 112 Å². The molecule has 1 heterocycles. The van der Waals surface area contributed by atoms with E-state index in [2.05, 4.69) is 25.5 Å². The number of methoxy groups -OCH3 is 1. The lowest BCUT2D eigenvalue weighted by Gasteiger charge is -2.25. The van der Waals surface area contributed by atoms with Crippen LogP contribution in [-0.4, -0.2) is 25.5 Å². The van der Waals surface area contributed by atoms with E-state index in [1.807, 2.05) is 12.1 Å². The average Bonchev–Trinajstić information content (AvgIpc) is 2.37. The largest absolute Gasteiger partial charge is 0.491 e. The molecule has 0 amide bonds. The summed E-state index contributed by atoms with van der Waals surface area (Å²) in [7, 11) is 1.27. The van der Waals surface area contributed by atoms with Crippen molar-refractivity contribution in [3.05, 3.63) is 29.3 Å². The Morgan fingerprint density at radius 2 is 2.05 bits per heavy atom. The van der Waals surface area contributed by atoms with Crippen LogP contribution in [0.25, 0.3) is 0 Å². The summed E-state index contributed by atoms with van der Waals surface area (Å²) in [6, 6.07) is 5.55. The third-order valence-corrected chi connectivity index (χ3v) is 3.32. The summed E-state index contributed by atoms with van der Waals surface area (Å²) < 4.78 is 10.1. The zero-order valence-corrected chi connectivity index (χ0v) is 11.6. The fourth-order valence-corrected chi connectivity index (χ4v) is 2.07. The van der Waals surface area contributed by atoms with Gasteiger partial charge in [-0.05, 0) is 23.1 Å². The molecule has 0 aliphatic carbocycles. The fourth-order valence-electron chi connectivity index (χ4n) is 2.07. The minimum atomic E-state index is -0.854. The van der Waals surface area contributed by atoms with Gasteiger partial charge in [0, 0.05) is 0 Å². The maximum atomic E-state index is 12.3. The van der Waals surface area contributed by atoms with Crippen LogP contribution in [0, 0.1) is 5.92 Å². The number of esters is 1. The van der Waals surface area contributed by atoms with Gasteiger partial charge < -0.3 is 9.47 Å². The molecule has 0 saturated carbocycles. The molecule has 0 aromatic heterocycles. The van der Waals surface area contributed by atoms with Gasteiger partial charge in [-0.25, -0.2) is 0 Å². The lowest BCUT2D eigenvalue weighted by atomic mass is 9.84. The van der Waals surface area contributed by atoms with Crippen LogP contribution in [0.2, 0.25) is 0 Å². The monoisotopic (exact) mass is 262 g/mol. The van der Waals surface area contributed by atoms with E-state index in [9.17, 15) is 9.59 Å². The highest BCUT2D eigenvalue weighted by atomic mass is 16.5. The molecule has 102 valence electrons. The van der Waals surface area contributed by atoms with Gasteiger partial charge in [0.25, 0.3) is 0 Å². The third-order valence-electron chi connectivity index (χ3n) is 3.32. The SMILES string of the molecule is COC(=O)C1COc2ccc(C(C)(C)C)cc2C1=O. The van der Waals surface area contributed by atoms with Crippen LogP contribution in [0.5, 0.6) is 5.75 Å². The summed E-state index contributed by atoms with van der Waals surface area (Å²) in [6.07, 6.45) is 0. The van der Waals surface area contributed by atoms with Gasteiger partial charge in [-0.15, -0.1) is 0 Å². The number of ketones is 1. The van der Waals surface area contributed by atoms with E-state index >= 15 is 0 Å². The van der Waals surface area contributed by atoms with Crippen LogP contribution in [0.15, 0.2) is 18.2 Å². The first-order valence-corrected chi connectivity index (χ1v) is 6.24. The summed E-state index contributed by atoms with van der Waals surface area (Å²) in [5.74, 6) is -1.08. The van der Waals surface area contributed by atoms with Gasteiger partial charge in [-0.3, -0.25) is 9.59 Å². The molecular formula is C15H18O4. The predicted molar refractivity (Wildman–Crippen MR) is 70.5 cm³/mol. The molecule has 1 aliphatic heterocycles. The number of Topliss-reactive ketones (excluding diaryl/α,β-unsaturated/α-hetero) is 1. The van der Waals surface area contributed by atoms with Gasteiger partial charge in [-0.1, -0.05) is 26.8 Å². The Bertz CT molecular complexity index is 525. The molecule has 1 aromatic carbocycles. The second kappa shape index (κ2) is 4.68. The molecule has 19 heavy (non-hydrogen) atoms. The molecule has 0 saturated heterocycles. The number of fused-ring (bicyclic) bond motifs is 1. The predicted octanol–water partition coefficient (Wildman–Crippen LogP) is 2.35. The molecular weight excluding hydrogens is 244 g/mol. The quantitative estimate of drug-likeness (QED) is 0.576. The smallest absolute Gasteiger partial charge is 0.320 e. The molecule has 0 fully saturated rings. The van der Waals surface area contributed by atoms with Crippen molar-refractivity contribution in [3.63, 3.8) is 0 Å². The number of ether oxygens (including phenoxy) is 2. The Hall–Kier alpha value is -1.84. The van der Waals surface area contributed by atoms with E-state index in [0.717, 1.165) is 5.56 Å². The van der Waals surface area contributed by atoms with Crippen molar-refractivity contribution in [2.75, 3.05) is 13.7 Å². The summed E-state index contributed by atoms with van der Waals surface area (Å²) in [5, 5.41) is 0. The van der Waals surface area contributed by atoms with Crippen molar-refractivity contribution < 1.29 is 19.1 Å². The van der Waals surface area contributed by atoms with Gasteiger partial charge in [0.15, 0.2) is 11.7 Å². The number of benzene rings is 1. The highest BCUT2D eigenvalue weighted by Crippen LogP contribution is 2.32. The van der Waals surface area contributed by atoms with Gasteiger partial charge in [0.05, 0.1) is 12.7 Å². The number of carbonyl (C=O) groups is 2. The van der Waals surface area contributed by atoms with Crippen molar-refractivity contribution in [1.82, 2.24) is 0 Å². The van der Waals surface area contributed by atoms with Crippen LogP contribution in [-0.2, 0) is 14.9 Å². The molecule has 1 aliphatic rings. The lowest BCUT2D eigenvalue weighted by Crippen LogP contribution is -2.35. The molecule has 0 radical (unpaired) electrons. The summed E-state index contributed by atoms with van der Waals surface area (Å²) in [5.41, 5.74) is 1.44. The zero-order valence-electron chi connectivity index (χ0n) is 11.6. The van der Waals surface area contributed by atoms with Crippen molar-refractivity contribution in [2.45, 2.75) is 26.2 Å². The van der Waals surface area contributed by atoms with E-state index in [-0.39, 0.29) is 17.8 Å². The number of hydrogen-bond acceptors (Lipinski definition) is 4. The highest BCUT2D eigenvalue weighted by Gasteiger charge is 2.35. The third kappa shape index (κ3) is 2.48. The molecule has 1 aromatic rings. The molecule has 1 atom stereocenters. The lowest BCUT2D eigenvalue weighted by molar-refractivity contribution is -0.144. The molecule has 4 heteroatoms. The van der Waals surface area contributed by atoms with Crippen LogP contribution >= 0.6 is 0 Å². The van der Waals surface area contributed by atoms with Gasteiger partial charge in [-0.2, -0.15) is 0 Å². The van der Waals surface area contributed by atoms with Crippen molar-refractivity contribution in [3.8, 4) is 5.75 Å². The minimum absolute atomic E-state index is 0.0490. The molecule has 0 bridgehead atoms. The fraction of sp³-hybridized carbons (Fsp3) is 0.467. The first kappa shape index (κ1) is 13.6. The normalized spacial score (nSPS) is 18.5. The maximum absolute atomic E-state index is 12.3. The van der Waals surface area contributed by atoms with E-state index in [4.69, 9.17) is 4.74 Å². The standard InChI is InChI=1S/C15H18O4/c1-15(2,3)9-5-6-12-10(7-9)13(16)11(8-19-12)14(17)18-4/h5-7,11H,8H2,1-4H3. The average molecular weight is 262 g/mol. The van der Waals surface area contributed by atoms with E-state index < -0.39 is 11.9 Å². The van der Waals surface area contributed by atoms with E-state index in [1.54, 1.807) is 6.07 Å². The minimum Gasteiger partial charge on any atom is -0.491 e. The first-order chi connectivity index (χ1) is 8.84. The van der Waals surface area contributed by atoms with Crippen LogP contribution in [0.1, 0.15) is 36.7 Å². The van der Waals surface area contributed by atoms with Gasteiger partial charge in [0.1, 0.15) is 12.4 Å². The number of carbonyl (C=O) groups excluding carboxylic acids is 2. The molecule has 1 unspecified atom stereocenters. The molecule has 4 nitrogen and oxygen atoms in total. The van der Waals surface area contributed by atoms with Gasteiger partial charge in [0.2, 0.25) is 0 Å². The molecule has 2 rings (SSSR count). The molecule has 0 spiro atoms. The molecule has 0 N–H and O–H groups in total. The van der Waals surface area contributed by atoms with Gasteiger partial charge >= 0.3 is 5.97 Å². The maximum Gasteiger partial charge on any atom is 0.320 e. The first-order valence-electron chi connectivity index (χ1n) is 6.24. The van der Waals surface area contributed by atoms with Crippen LogP contribution in [0.4, 0.5) is 0 Å². The van der Waals surface area contributed by atoms with E-state index in [0.29, 0.717) is 11.3 Å².